The second-order valence-electron chi connectivity index (χ2n) is 3.42. The number of methoxy groups -OCH3 is 1. The van der Waals surface area contributed by atoms with Gasteiger partial charge in [0.05, 0.1) is 17.9 Å². The quantitative estimate of drug-likeness (QED) is 0.793. The fraction of sp³-hybridized carbons (Fsp3) is 0.364. The highest BCUT2D eigenvalue weighted by atomic mass is 79.9. The van der Waals surface area contributed by atoms with Crippen LogP contribution in [0, 0.1) is 0 Å². The first-order valence-corrected chi connectivity index (χ1v) is 6.50. The molecule has 0 saturated carbocycles. The Morgan fingerprint density at radius 2 is 2.27 bits per heavy atom. The Morgan fingerprint density at radius 1 is 1.53 bits per heavy atom. The van der Waals surface area contributed by atoms with Crippen molar-refractivity contribution in [2.24, 2.45) is 0 Å². The zero-order valence-corrected chi connectivity index (χ0v) is 10.9. The third-order valence-corrected chi connectivity index (χ3v) is 4.44. The Labute approximate surface area is 102 Å². The van der Waals surface area contributed by atoms with Crippen molar-refractivity contribution in [2.45, 2.75) is 17.9 Å². The minimum atomic E-state index is 0.0284. The van der Waals surface area contributed by atoms with Crippen molar-refractivity contribution in [3.8, 4) is 5.75 Å². The van der Waals surface area contributed by atoms with Crippen LogP contribution in [0.25, 0.3) is 0 Å². The zero-order valence-electron chi connectivity index (χ0n) is 8.54. The van der Waals surface area contributed by atoms with Crippen LogP contribution in [-0.4, -0.2) is 18.1 Å². The van der Waals surface area contributed by atoms with Crippen LogP contribution in [0.3, 0.4) is 0 Å². The lowest BCUT2D eigenvalue weighted by atomic mass is 10.0. The van der Waals surface area contributed by atoms with Crippen LogP contribution < -0.4 is 4.74 Å². The van der Waals surface area contributed by atoms with Gasteiger partial charge < -0.3 is 4.74 Å². The van der Waals surface area contributed by atoms with E-state index in [0.717, 1.165) is 21.4 Å². The van der Waals surface area contributed by atoms with Crippen LogP contribution in [0.1, 0.15) is 22.8 Å². The molecule has 0 aliphatic carbocycles. The summed E-state index contributed by atoms with van der Waals surface area (Å²) in [6.07, 6.45) is 0. The van der Waals surface area contributed by atoms with Gasteiger partial charge in [0, 0.05) is 10.2 Å². The lowest BCUT2D eigenvalue weighted by Crippen LogP contribution is -2.21. The molecule has 2 nitrogen and oxygen atoms in total. The van der Waals surface area contributed by atoms with Gasteiger partial charge in [-0.15, -0.1) is 11.8 Å². The molecule has 1 aromatic carbocycles. The number of hydrogen-bond donors (Lipinski definition) is 0. The van der Waals surface area contributed by atoms with E-state index in [1.807, 2.05) is 19.1 Å². The monoisotopic (exact) mass is 286 g/mol. The lowest BCUT2D eigenvalue weighted by Gasteiger charge is -2.22. The lowest BCUT2D eigenvalue weighted by molar-refractivity contribution is 0.0988. The molecule has 0 aromatic heterocycles. The van der Waals surface area contributed by atoms with Gasteiger partial charge in [-0.1, -0.05) is 15.9 Å². The summed E-state index contributed by atoms with van der Waals surface area (Å²) in [7, 11) is 1.60. The van der Waals surface area contributed by atoms with Crippen molar-refractivity contribution in [3.05, 3.63) is 27.7 Å². The van der Waals surface area contributed by atoms with Crippen LogP contribution in [0.4, 0.5) is 0 Å². The van der Waals surface area contributed by atoms with Crippen LogP contribution in [-0.2, 0) is 5.75 Å². The number of Topliss-reactive ketones (excluding diaryl/α,β-unsaturated/α-hetero) is 1. The van der Waals surface area contributed by atoms with E-state index in [1.165, 1.54) is 0 Å². The van der Waals surface area contributed by atoms with E-state index < -0.39 is 0 Å². The van der Waals surface area contributed by atoms with Crippen LogP contribution in [0.15, 0.2) is 16.6 Å². The molecule has 80 valence electrons. The fourth-order valence-corrected chi connectivity index (χ4v) is 3.31. The predicted molar refractivity (Wildman–Crippen MR) is 65.8 cm³/mol. The van der Waals surface area contributed by atoms with Gasteiger partial charge >= 0.3 is 0 Å². The molecule has 2 rings (SSSR count). The van der Waals surface area contributed by atoms with E-state index in [0.29, 0.717) is 5.75 Å². The van der Waals surface area contributed by atoms with E-state index in [9.17, 15) is 4.79 Å². The number of carbonyl (C=O) groups is 1. The van der Waals surface area contributed by atoms with E-state index >= 15 is 0 Å². The predicted octanol–water partition coefficient (Wildman–Crippen LogP) is 3.28. The number of hydrogen-bond acceptors (Lipinski definition) is 3. The number of fused-ring (bicyclic) bond motifs is 1. The van der Waals surface area contributed by atoms with E-state index in [1.54, 1.807) is 18.9 Å². The standard InChI is InChI=1S/C11H11BrO2S/c1-6-11(13)10-7(5-15-6)8(12)3-4-9(10)14-2/h3-4,6H,5H2,1-2H3. The molecule has 0 amide bonds. The van der Waals surface area contributed by atoms with Crippen molar-refractivity contribution in [2.75, 3.05) is 7.11 Å². The summed E-state index contributed by atoms with van der Waals surface area (Å²) in [5, 5.41) is 0.0284. The topological polar surface area (TPSA) is 26.3 Å². The SMILES string of the molecule is COc1ccc(Br)c2c1C(=O)C(C)SC2. The summed E-state index contributed by atoms with van der Waals surface area (Å²) < 4.78 is 6.23. The van der Waals surface area contributed by atoms with E-state index in [2.05, 4.69) is 15.9 Å². The summed E-state index contributed by atoms with van der Waals surface area (Å²) in [5.41, 5.74) is 1.81. The highest BCUT2D eigenvalue weighted by Gasteiger charge is 2.29. The number of rotatable bonds is 1. The molecule has 0 radical (unpaired) electrons. The van der Waals surface area contributed by atoms with Gasteiger partial charge in [0.25, 0.3) is 0 Å². The Balaban J connectivity index is 2.63. The number of benzene rings is 1. The molecular weight excluding hydrogens is 276 g/mol. The van der Waals surface area contributed by atoms with Crippen molar-refractivity contribution >= 4 is 33.5 Å². The maximum Gasteiger partial charge on any atom is 0.179 e. The van der Waals surface area contributed by atoms with Crippen LogP contribution in [0.2, 0.25) is 0 Å². The molecule has 15 heavy (non-hydrogen) atoms. The molecule has 1 atom stereocenters. The third-order valence-electron chi connectivity index (χ3n) is 2.53. The molecule has 0 bridgehead atoms. The highest BCUT2D eigenvalue weighted by Crippen LogP contribution is 2.38. The normalized spacial score (nSPS) is 19.9. The smallest absolute Gasteiger partial charge is 0.179 e. The summed E-state index contributed by atoms with van der Waals surface area (Å²) in [5.74, 6) is 1.71. The van der Waals surface area contributed by atoms with Gasteiger partial charge in [0.15, 0.2) is 5.78 Å². The maximum atomic E-state index is 12.0. The average Bonchev–Trinajstić information content (AvgIpc) is 2.24. The second-order valence-corrected chi connectivity index (χ2v) is 5.60. The molecule has 1 aromatic rings. The first-order chi connectivity index (χ1) is 7.15. The van der Waals surface area contributed by atoms with Crippen LogP contribution in [0.5, 0.6) is 5.75 Å². The van der Waals surface area contributed by atoms with Crippen molar-refractivity contribution < 1.29 is 9.53 Å². The molecular formula is C11H11BrO2S. The average molecular weight is 287 g/mol. The first kappa shape index (κ1) is 11.0. The Kier molecular flexibility index (Phi) is 3.07. The Bertz CT molecular complexity index is 417. The molecule has 0 spiro atoms. The van der Waals surface area contributed by atoms with E-state index in [4.69, 9.17) is 4.74 Å². The second kappa shape index (κ2) is 4.18. The minimum Gasteiger partial charge on any atom is -0.496 e. The molecule has 1 aliphatic rings. The fourth-order valence-electron chi connectivity index (χ4n) is 1.67. The largest absolute Gasteiger partial charge is 0.496 e. The van der Waals surface area contributed by atoms with Crippen molar-refractivity contribution in [1.29, 1.82) is 0 Å². The van der Waals surface area contributed by atoms with Crippen LogP contribution >= 0.6 is 27.7 Å². The van der Waals surface area contributed by atoms with Gasteiger partial charge in [0.1, 0.15) is 5.75 Å². The molecule has 1 unspecified atom stereocenters. The van der Waals surface area contributed by atoms with Crippen molar-refractivity contribution in [1.82, 2.24) is 0 Å². The Morgan fingerprint density at radius 3 is 2.93 bits per heavy atom. The van der Waals surface area contributed by atoms with Gasteiger partial charge in [0.2, 0.25) is 0 Å². The third kappa shape index (κ3) is 1.81. The number of ether oxygens (including phenoxy) is 1. The summed E-state index contributed by atoms with van der Waals surface area (Å²) in [6, 6.07) is 3.77. The van der Waals surface area contributed by atoms with Crippen molar-refractivity contribution in [3.63, 3.8) is 0 Å². The zero-order chi connectivity index (χ0) is 11.0. The summed E-state index contributed by atoms with van der Waals surface area (Å²) >= 11 is 5.14. The number of thioether (sulfide) groups is 1. The Hall–Kier alpha value is -0.480. The molecule has 1 heterocycles. The van der Waals surface area contributed by atoms with Gasteiger partial charge in [-0.05, 0) is 24.6 Å². The molecule has 0 fully saturated rings. The minimum absolute atomic E-state index is 0.0284. The number of ketones is 1. The van der Waals surface area contributed by atoms with E-state index in [-0.39, 0.29) is 11.0 Å². The van der Waals surface area contributed by atoms with Gasteiger partial charge in [-0.2, -0.15) is 0 Å². The summed E-state index contributed by atoms with van der Waals surface area (Å²) in [6.45, 7) is 1.94. The molecule has 1 aliphatic heterocycles. The highest BCUT2D eigenvalue weighted by molar-refractivity contribution is 9.10. The first-order valence-electron chi connectivity index (χ1n) is 4.66. The van der Waals surface area contributed by atoms with Gasteiger partial charge in [-0.3, -0.25) is 4.79 Å². The molecule has 4 heteroatoms. The summed E-state index contributed by atoms with van der Waals surface area (Å²) in [4.78, 5) is 12.0. The molecule has 0 saturated heterocycles. The molecule has 0 N–H and O–H groups in total. The number of carbonyl (C=O) groups excluding carboxylic acids is 1. The van der Waals surface area contributed by atoms with Gasteiger partial charge in [-0.25, -0.2) is 0 Å². The number of halogens is 1. The maximum absolute atomic E-state index is 12.0.